The molecule has 0 heterocycles. The summed E-state index contributed by atoms with van der Waals surface area (Å²) in [6.45, 7) is 9.56. The zero-order chi connectivity index (χ0) is 15.3. The summed E-state index contributed by atoms with van der Waals surface area (Å²) in [5, 5.41) is 3.86. The molecule has 1 heteroatoms. The second-order valence-corrected chi connectivity index (χ2v) is 7.65. The molecule has 0 bridgehead atoms. The fourth-order valence-corrected chi connectivity index (χ4v) is 3.76. The SMILES string of the molecule is CCC(C)(C)C1CCC(NC(C)Cc2ccccc2)CC1. The van der Waals surface area contributed by atoms with E-state index in [-0.39, 0.29) is 0 Å². The molecular formula is C20H33N. The molecular weight excluding hydrogens is 254 g/mol. The maximum absolute atomic E-state index is 3.86. The lowest BCUT2D eigenvalue weighted by atomic mass is 9.69. The Morgan fingerprint density at radius 1 is 1.10 bits per heavy atom. The van der Waals surface area contributed by atoms with Gasteiger partial charge in [0.25, 0.3) is 0 Å². The first-order valence-corrected chi connectivity index (χ1v) is 8.81. The summed E-state index contributed by atoms with van der Waals surface area (Å²) in [6, 6.07) is 12.1. The molecule has 0 amide bonds. The Labute approximate surface area is 131 Å². The Balaban J connectivity index is 1.76. The highest BCUT2D eigenvalue weighted by molar-refractivity contribution is 5.15. The van der Waals surface area contributed by atoms with Crippen molar-refractivity contribution in [3.63, 3.8) is 0 Å². The maximum atomic E-state index is 3.86. The van der Waals surface area contributed by atoms with Crippen LogP contribution in [0.4, 0.5) is 0 Å². The molecule has 1 fully saturated rings. The minimum Gasteiger partial charge on any atom is -0.311 e. The topological polar surface area (TPSA) is 12.0 Å². The van der Waals surface area contributed by atoms with Crippen molar-refractivity contribution in [3.05, 3.63) is 35.9 Å². The van der Waals surface area contributed by atoms with Crippen LogP contribution in [0.15, 0.2) is 30.3 Å². The average molecular weight is 287 g/mol. The summed E-state index contributed by atoms with van der Waals surface area (Å²) in [6.07, 6.45) is 7.95. The summed E-state index contributed by atoms with van der Waals surface area (Å²) in [4.78, 5) is 0. The van der Waals surface area contributed by atoms with E-state index >= 15 is 0 Å². The molecule has 1 nitrogen and oxygen atoms in total. The van der Waals surface area contributed by atoms with Gasteiger partial charge in [0.1, 0.15) is 0 Å². The number of hydrogen-bond donors (Lipinski definition) is 1. The normalized spacial score (nSPS) is 24.8. The first-order valence-electron chi connectivity index (χ1n) is 8.81. The second kappa shape index (κ2) is 7.45. The molecule has 1 aromatic carbocycles. The molecule has 1 aliphatic carbocycles. The minimum absolute atomic E-state index is 0.528. The predicted molar refractivity (Wildman–Crippen MR) is 92.6 cm³/mol. The fourth-order valence-electron chi connectivity index (χ4n) is 3.76. The van der Waals surface area contributed by atoms with Crippen molar-refractivity contribution in [3.8, 4) is 0 Å². The van der Waals surface area contributed by atoms with Gasteiger partial charge in [0, 0.05) is 12.1 Å². The first kappa shape index (κ1) is 16.5. The van der Waals surface area contributed by atoms with Gasteiger partial charge in [0.2, 0.25) is 0 Å². The molecule has 1 unspecified atom stereocenters. The Bertz CT molecular complexity index is 401. The molecule has 0 radical (unpaired) electrons. The molecule has 0 saturated heterocycles. The molecule has 1 aromatic rings. The Morgan fingerprint density at radius 3 is 2.29 bits per heavy atom. The molecule has 0 aliphatic heterocycles. The molecule has 1 aliphatic rings. The van der Waals surface area contributed by atoms with Gasteiger partial charge in [-0.1, -0.05) is 57.5 Å². The van der Waals surface area contributed by atoms with Crippen molar-refractivity contribution in [1.29, 1.82) is 0 Å². The van der Waals surface area contributed by atoms with Gasteiger partial charge in [-0.15, -0.1) is 0 Å². The molecule has 2 rings (SSSR count). The smallest absolute Gasteiger partial charge is 0.00817 e. The summed E-state index contributed by atoms with van der Waals surface area (Å²) in [5.74, 6) is 0.921. The van der Waals surface area contributed by atoms with E-state index in [9.17, 15) is 0 Å². The van der Waals surface area contributed by atoms with Crippen LogP contribution in [0.5, 0.6) is 0 Å². The van der Waals surface area contributed by atoms with E-state index in [2.05, 4.69) is 63.3 Å². The average Bonchev–Trinajstić information content (AvgIpc) is 2.48. The summed E-state index contributed by atoms with van der Waals surface area (Å²) in [7, 11) is 0. The lowest BCUT2D eigenvalue weighted by Gasteiger charge is -2.39. The van der Waals surface area contributed by atoms with Crippen LogP contribution < -0.4 is 5.32 Å². The maximum Gasteiger partial charge on any atom is 0.00817 e. The zero-order valence-corrected chi connectivity index (χ0v) is 14.4. The molecule has 1 saturated carbocycles. The minimum atomic E-state index is 0.528. The molecule has 0 aromatic heterocycles. The largest absolute Gasteiger partial charge is 0.311 e. The van der Waals surface area contributed by atoms with E-state index in [4.69, 9.17) is 0 Å². The van der Waals surface area contributed by atoms with E-state index in [1.165, 1.54) is 37.7 Å². The lowest BCUT2D eigenvalue weighted by molar-refractivity contribution is 0.134. The lowest BCUT2D eigenvalue weighted by Crippen LogP contribution is -2.41. The van der Waals surface area contributed by atoms with Crippen LogP contribution in [0.25, 0.3) is 0 Å². The van der Waals surface area contributed by atoms with Gasteiger partial charge in [0.05, 0.1) is 0 Å². The van der Waals surface area contributed by atoms with Crippen LogP contribution in [-0.4, -0.2) is 12.1 Å². The van der Waals surface area contributed by atoms with Crippen molar-refractivity contribution >= 4 is 0 Å². The van der Waals surface area contributed by atoms with Crippen LogP contribution in [0.1, 0.15) is 65.4 Å². The van der Waals surface area contributed by atoms with Crippen molar-refractivity contribution in [2.75, 3.05) is 0 Å². The molecule has 21 heavy (non-hydrogen) atoms. The van der Waals surface area contributed by atoms with Gasteiger partial charge < -0.3 is 5.32 Å². The van der Waals surface area contributed by atoms with Gasteiger partial charge in [-0.2, -0.15) is 0 Å². The van der Waals surface area contributed by atoms with Crippen LogP contribution >= 0.6 is 0 Å². The van der Waals surface area contributed by atoms with Gasteiger partial charge >= 0.3 is 0 Å². The third-order valence-electron chi connectivity index (χ3n) is 5.65. The Morgan fingerprint density at radius 2 is 1.71 bits per heavy atom. The standard InChI is InChI=1S/C20H33N/c1-5-20(3,4)18-11-13-19(14-12-18)21-16(2)15-17-9-7-6-8-10-17/h6-10,16,18-19,21H,5,11-15H2,1-4H3. The molecule has 0 spiro atoms. The number of rotatable bonds is 6. The van der Waals surface area contributed by atoms with E-state index in [1.54, 1.807) is 0 Å². The summed E-state index contributed by atoms with van der Waals surface area (Å²) >= 11 is 0. The fraction of sp³-hybridized carbons (Fsp3) is 0.700. The number of nitrogens with one attached hydrogen (secondary N) is 1. The highest BCUT2D eigenvalue weighted by Gasteiger charge is 2.31. The van der Waals surface area contributed by atoms with Gasteiger partial charge in [-0.05, 0) is 55.9 Å². The van der Waals surface area contributed by atoms with Crippen molar-refractivity contribution < 1.29 is 0 Å². The van der Waals surface area contributed by atoms with Crippen LogP contribution in [0, 0.1) is 11.3 Å². The molecule has 1 N–H and O–H groups in total. The predicted octanol–water partition coefficient (Wildman–Crippen LogP) is 5.20. The van der Waals surface area contributed by atoms with E-state index < -0.39 is 0 Å². The van der Waals surface area contributed by atoms with Crippen molar-refractivity contribution in [1.82, 2.24) is 5.32 Å². The Hall–Kier alpha value is -0.820. The van der Waals surface area contributed by atoms with Crippen molar-refractivity contribution in [2.45, 2.75) is 78.3 Å². The third kappa shape index (κ3) is 4.85. The summed E-state index contributed by atoms with van der Waals surface area (Å²) in [5.41, 5.74) is 1.97. The van der Waals surface area contributed by atoms with E-state index in [0.717, 1.165) is 18.4 Å². The third-order valence-corrected chi connectivity index (χ3v) is 5.65. The molecule has 118 valence electrons. The highest BCUT2D eigenvalue weighted by Crippen LogP contribution is 2.40. The zero-order valence-electron chi connectivity index (χ0n) is 14.4. The molecule has 1 atom stereocenters. The van der Waals surface area contributed by atoms with Crippen LogP contribution in [0.3, 0.4) is 0 Å². The first-order chi connectivity index (χ1) is 10.0. The Kier molecular flexibility index (Phi) is 5.87. The van der Waals surface area contributed by atoms with Crippen molar-refractivity contribution in [2.24, 2.45) is 11.3 Å². The number of hydrogen-bond acceptors (Lipinski definition) is 1. The second-order valence-electron chi connectivity index (χ2n) is 7.65. The van der Waals surface area contributed by atoms with Gasteiger partial charge in [-0.25, -0.2) is 0 Å². The quantitative estimate of drug-likeness (QED) is 0.758. The van der Waals surface area contributed by atoms with E-state index in [0.29, 0.717) is 11.5 Å². The monoisotopic (exact) mass is 287 g/mol. The van der Waals surface area contributed by atoms with Gasteiger partial charge in [0.15, 0.2) is 0 Å². The van der Waals surface area contributed by atoms with Gasteiger partial charge in [-0.3, -0.25) is 0 Å². The van der Waals surface area contributed by atoms with Crippen LogP contribution in [-0.2, 0) is 6.42 Å². The van der Waals surface area contributed by atoms with Crippen LogP contribution in [0.2, 0.25) is 0 Å². The summed E-state index contributed by atoms with van der Waals surface area (Å²) < 4.78 is 0. The highest BCUT2D eigenvalue weighted by atomic mass is 14.9. The van der Waals surface area contributed by atoms with E-state index in [1.807, 2.05) is 0 Å². The number of benzene rings is 1.